The Morgan fingerprint density at radius 3 is 2.25 bits per heavy atom. The number of rotatable bonds is 9. The summed E-state index contributed by atoms with van der Waals surface area (Å²) >= 11 is 0. The van der Waals surface area contributed by atoms with Gasteiger partial charge in [-0.15, -0.1) is 0 Å². The van der Waals surface area contributed by atoms with Crippen molar-refractivity contribution in [1.82, 2.24) is 9.88 Å². The van der Waals surface area contributed by atoms with Gasteiger partial charge in [0.1, 0.15) is 5.75 Å². The van der Waals surface area contributed by atoms with E-state index in [1.54, 1.807) is 13.1 Å². The zero-order valence-electron chi connectivity index (χ0n) is 13.0. The zero-order chi connectivity index (χ0) is 15.0. The maximum Gasteiger partial charge on any atom is 0.141 e. The van der Waals surface area contributed by atoms with Gasteiger partial charge in [-0.25, -0.2) is 0 Å². The second kappa shape index (κ2) is 8.93. The lowest BCUT2D eigenvalue weighted by molar-refractivity contribution is 0.244. The van der Waals surface area contributed by atoms with E-state index in [4.69, 9.17) is 0 Å². The molecule has 1 aromatic heterocycles. The highest BCUT2D eigenvalue weighted by Gasteiger charge is 2.14. The van der Waals surface area contributed by atoms with E-state index < -0.39 is 0 Å². The molecule has 0 bridgehead atoms. The standard InChI is InChI=1S/C16H28N2O2/c1-4-6-8-18(9-7-5-2)11-15-14(12-19)10-17-13(3)16(15)20/h10,19-20H,4-9,11-12H2,1-3H3. The molecule has 1 heterocycles. The third-order valence-corrected chi connectivity index (χ3v) is 3.64. The molecule has 0 radical (unpaired) electrons. The summed E-state index contributed by atoms with van der Waals surface area (Å²) in [6, 6.07) is 0. The minimum Gasteiger partial charge on any atom is -0.506 e. The van der Waals surface area contributed by atoms with Gasteiger partial charge in [0.25, 0.3) is 0 Å². The average Bonchev–Trinajstić information content (AvgIpc) is 2.46. The van der Waals surface area contributed by atoms with Crippen molar-refractivity contribution >= 4 is 0 Å². The van der Waals surface area contributed by atoms with Crippen molar-refractivity contribution in [2.45, 2.75) is 59.6 Å². The fraction of sp³-hybridized carbons (Fsp3) is 0.688. The molecule has 1 rings (SSSR count). The number of hydrogen-bond acceptors (Lipinski definition) is 4. The monoisotopic (exact) mass is 280 g/mol. The predicted molar refractivity (Wildman–Crippen MR) is 81.7 cm³/mol. The molecule has 114 valence electrons. The van der Waals surface area contributed by atoms with Gasteiger partial charge in [-0.3, -0.25) is 9.88 Å². The van der Waals surface area contributed by atoms with Crippen molar-refractivity contribution in [3.8, 4) is 5.75 Å². The molecule has 0 aliphatic rings. The van der Waals surface area contributed by atoms with Gasteiger partial charge >= 0.3 is 0 Å². The van der Waals surface area contributed by atoms with Gasteiger partial charge in [-0.2, -0.15) is 0 Å². The van der Waals surface area contributed by atoms with Gasteiger partial charge in [0.05, 0.1) is 12.3 Å². The predicted octanol–water partition coefficient (Wildman–Crippen LogP) is 2.99. The Bertz CT molecular complexity index is 400. The molecule has 20 heavy (non-hydrogen) atoms. The lowest BCUT2D eigenvalue weighted by Gasteiger charge is -2.24. The Morgan fingerprint density at radius 2 is 1.75 bits per heavy atom. The fourth-order valence-electron chi connectivity index (χ4n) is 2.25. The van der Waals surface area contributed by atoms with E-state index in [0.717, 1.165) is 49.9 Å². The second-order valence-corrected chi connectivity index (χ2v) is 5.34. The minimum atomic E-state index is -0.0778. The van der Waals surface area contributed by atoms with E-state index in [-0.39, 0.29) is 12.4 Å². The number of unbranched alkanes of at least 4 members (excludes halogenated alkanes) is 2. The number of nitrogens with zero attached hydrogens (tertiary/aromatic N) is 2. The normalized spacial score (nSPS) is 11.2. The Balaban J connectivity index is 2.87. The Kier molecular flexibility index (Phi) is 7.55. The van der Waals surface area contributed by atoms with E-state index in [2.05, 4.69) is 23.7 Å². The second-order valence-electron chi connectivity index (χ2n) is 5.34. The van der Waals surface area contributed by atoms with Crippen LogP contribution in [0.4, 0.5) is 0 Å². The van der Waals surface area contributed by atoms with Crippen LogP contribution in [0.15, 0.2) is 6.20 Å². The van der Waals surface area contributed by atoms with Gasteiger partial charge in [-0.05, 0) is 32.9 Å². The van der Waals surface area contributed by atoms with Crippen LogP contribution in [0.25, 0.3) is 0 Å². The molecule has 4 nitrogen and oxygen atoms in total. The Labute approximate surface area is 122 Å². The molecule has 0 fully saturated rings. The first-order valence-corrected chi connectivity index (χ1v) is 7.63. The van der Waals surface area contributed by atoms with Crippen LogP contribution in [0.2, 0.25) is 0 Å². The number of aryl methyl sites for hydroxylation is 1. The number of pyridine rings is 1. The highest BCUT2D eigenvalue weighted by atomic mass is 16.3. The van der Waals surface area contributed by atoms with Gasteiger partial charge in [0.2, 0.25) is 0 Å². The van der Waals surface area contributed by atoms with Gasteiger partial charge in [0, 0.05) is 23.9 Å². The van der Waals surface area contributed by atoms with Gasteiger partial charge < -0.3 is 10.2 Å². The number of aliphatic hydroxyl groups excluding tert-OH is 1. The van der Waals surface area contributed by atoms with E-state index in [1.807, 2.05) is 0 Å². The number of aromatic hydroxyl groups is 1. The molecule has 0 saturated carbocycles. The molecule has 0 aromatic carbocycles. The van der Waals surface area contributed by atoms with Crippen molar-refractivity contribution in [2.75, 3.05) is 13.1 Å². The lowest BCUT2D eigenvalue weighted by atomic mass is 10.1. The van der Waals surface area contributed by atoms with E-state index >= 15 is 0 Å². The Morgan fingerprint density at radius 1 is 1.15 bits per heavy atom. The van der Waals surface area contributed by atoms with Crippen LogP contribution in [0.5, 0.6) is 5.75 Å². The molecule has 0 aliphatic carbocycles. The highest BCUT2D eigenvalue weighted by Crippen LogP contribution is 2.25. The summed E-state index contributed by atoms with van der Waals surface area (Å²) < 4.78 is 0. The molecule has 0 atom stereocenters. The summed E-state index contributed by atoms with van der Waals surface area (Å²) in [5, 5.41) is 19.6. The lowest BCUT2D eigenvalue weighted by Crippen LogP contribution is -2.26. The van der Waals surface area contributed by atoms with E-state index in [9.17, 15) is 10.2 Å². The van der Waals surface area contributed by atoms with Crippen molar-refractivity contribution in [1.29, 1.82) is 0 Å². The number of aromatic nitrogens is 1. The SMILES string of the molecule is CCCCN(CCCC)Cc1c(CO)cnc(C)c1O. The maximum atomic E-state index is 10.2. The van der Waals surface area contributed by atoms with Crippen molar-refractivity contribution in [3.05, 3.63) is 23.0 Å². The summed E-state index contributed by atoms with van der Waals surface area (Å²) in [5.74, 6) is 0.231. The first kappa shape index (κ1) is 16.9. The number of hydrogen-bond donors (Lipinski definition) is 2. The molecule has 4 heteroatoms. The first-order chi connectivity index (χ1) is 9.63. The summed E-state index contributed by atoms with van der Waals surface area (Å²) in [6.07, 6.45) is 6.31. The quantitative estimate of drug-likeness (QED) is 0.730. The molecule has 0 aliphatic heterocycles. The van der Waals surface area contributed by atoms with Crippen molar-refractivity contribution < 1.29 is 10.2 Å². The highest BCUT2D eigenvalue weighted by molar-refractivity contribution is 5.40. The van der Waals surface area contributed by atoms with Gasteiger partial charge in [0.15, 0.2) is 0 Å². The van der Waals surface area contributed by atoms with Crippen LogP contribution < -0.4 is 0 Å². The Hall–Kier alpha value is -1.13. The molecule has 0 amide bonds. The molecule has 0 spiro atoms. The topological polar surface area (TPSA) is 56.6 Å². The van der Waals surface area contributed by atoms with Crippen LogP contribution in [-0.2, 0) is 13.2 Å². The minimum absolute atomic E-state index is 0.0778. The van der Waals surface area contributed by atoms with E-state index in [0.29, 0.717) is 12.2 Å². The van der Waals surface area contributed by atoms with Crippen molar-refractivity contribution in [2.24, 2.45) is 0 Å². The van der Waals surface area contributed by atoms with Crippen LogP contribution in [0.1, 0.15) is 56.4 Å². The summed E-state index contributed by atoms with van der Waals surface area (Å²) in [6.45, 7) is 8.83. The fourth-order valence-corrected chi connectivity index (χ4v) is 2.25. The smallest absolute Gasteiger partial charge is 0.141 e. The van der Waals surface area contributed by atoms with Crippen LogP contribution in [-0.4, -0.2) is 33.2 Å². The summed E-state index contributed by atoms with van der Waals surface area (Å²) in [7, 11) is 0. The average molecular weight is 280 g/mol. The van der Waals surface area contributed by atoms with Crippen LogP contribution in [0, 0.1) is 6.92 Å². The molecular formula is C16H28N2O2. The van der Waals surface area contributed by atoms with E-state index in [1.165, 1.54) is 0 Å². The molecular weight excluding hydrogens is 252 g/mol. The summed E-state index contributed by atoms with van der Waals surface area (Å²) in [5.41, 5.74) is 2.18. The third-order valence-electron chi connectivity index (χ3n) is 3.64. The van der Waals surface area contributed by atoms with Crippen molar-refractivity contribution in [3.63, 3.8) is 0 Å². The largest absolute Gasteiger partial charge is 0.506 e. The first-order valence-electron chi connectivity index (χ1n) is 7.63. The van der Waals surface area contributed by atoms with Gasteiger partial charge in [-0.1, -0.05) is 26.7 Å². The number of aliphatic hydroxyl groups is 1. The summed E-state index contributed by atoms with van der Waals surface area (Å²) in [4.78, 5) is 6.47. The third kappa shape index (κ3) is 4.76. The molecule has 0 saturated heterocycles. The van der Waals surface area contributed by atoms with Crippen LogP contribution in [0.3, 0.4) is 0 Å². The molecule has 0 unspecified atom stereocenters. The maximum absolute atomic E-state index is 10.2. The zero-order valence-corrected chi connectivity index (χ0v) is 13.0. The van der Waals surface area contributed by atoms with Crippen LogP contribution >= 0.6 is 0 Å². The molecule has 1 aromatic rings. The molecule has 2 N–H and O–H groups in total.